The van der Waals surface area contributed by atoms with Crippen molar-refractivity contribution in [1.29, 1.82) is 0 Å². The lowest BCUT2D eigenvalue weighted by atomic mass is 10.3. The van der Waals surface area contributed by atoms with Crippen molar-refractivity contribution >= 4 is 5.97 Å². The Bertz CT molecular complexity index is 369. The van der Waals surface area contributed by atoms with Crippen molar-refractivity contribution in [2.45, 2.75) is 6.92 Å². The molecular formula is C8H10N2O3. The Hall–Kier alpha value is -1.65. The molecule has 1 rings (SSSR count). The third-order valence-electron chi connectivity index (χ3n) is 1.64. The number of nitrogens with zero attached hydrogens (tertiary/aromatic N) is 2. The van der Waals surface area contributed by atoms with Crippen LogP contribution in [0, 0.1) is 6.92 Å². The van der Waals surface area contributed by atoms with Gasteiger partial charge in [0, 0.05) is 12.6 Å². The number of rotatable bonds is 1. The van der Waals surface area contributed by atoms with Gasteiger partial charge in [0.05, 0.1) is 7.11 Å². The summed E-state index contributed by atoms with van der Waals surface area (Å²) in [6, 6.07) is 1.41. The van der Waals surface area contributed by atoms with Crippen LogP contribution >= 0.6 is 0 Å². The predicted molar refractivity (Wildman–Crippen MR) is 45.6 cm³/mol. The number of hydrogen-bond acceptors (Lipinski definition) is 4. The third-order valence-corrected chi connectivity index (χ3v) is 1.64. The average molecular weight is 182 g/mol. The summed E-state index contributed by atoms with van der Waals surface area (Å²) >= 11 is 0. The lowest BCUT2D eigenvalue weighted by Crippen LogP contribution is -2.24. The first-order chi connectivity index (χ1) is 6.06. The van der Waals surface area contributed by atoms with Crippen molar-refractivity contribution in [3.05, 3.63) is 27.7 Å². The van der Waals surface area contributed by atoms with E-state index in [9.17, 15) is 9.59 Å². The molecule has 1 aromatic rings. The monoisotopic (exact) mass is 182 g/mol. The summed E-state index contributed by atoms with van der Waals surface area (Å²) < 4.78 is 5.58. The fourth-order valence-corrected chi connectivity index (χ4v) is 0.962. The summed E-state index contributed by atoms with van der Waals surface area (Å²) in [4.78, 5) is 22.2. The number of esters is 1. The van der Waals surface area contributed by atoms with Crippen LogP contribution in [-0.2, 0) is 11.8 Å². The average Bonchev–Trinajstić information content (AvgIpc) is 2.12. The first kappa shape index (κ1) is 9.44. The maximum atomic E-state index is 11.2. The fraction of sp³-hybridized carbons (Fsp3) is 0.375. The molecule has 0 N–H and O–H groups in total. The van der Waals surface area contributed by atoms with Crippen molar-refractivity contribution in [2.24, 2.45) is 7.05 Å². The number of hydrogen-bond donors (Lipinski definition) is 0. The quantitative estimate of drug-likeness (QED) is 0.568. The molecule has 5 heteroatoms. The van der Waals surface area contributed by atoms with Gasteiger partial charge < -0.3 is 4.74 Å². The molecule has 0 amide bonds. The van der Waals surface area contributed by atoms with Gasteiger partial charge >= 0.3 is 5.97 Å². The van der Waals surface area contributed by atoms with Crippen LogP contribution in [0.2, 0.25) is 0 Å². The van der Waals surface area contributed by atoms with Gasteiger partial charge in [-0.1, -0.05) is 0 Å². The van der Waals surface area contributed by atoms with Gasteiger partial charge in [-0.15, -0.1) is 0 Å². The Morgan fingerprint density at radius 2 is 2.23 bits per heavy atom. The van der Waals surface area contributed by atoms with Gasteiger partial charge in [-0.3, -0.25) is 4.79 Å². The van der Waals surface area contributed by atoms with Gasteiger partial charge in [0.1, 0.15) is 0 Å². The largest absolute Gasteiger partial charge is 0.464 e. The Balaban J connectivity index is 3.29. The van der Waals surface area contributed by atoms with Crippen LogP contribution < -0.4 is 5.56 Å². The highest BCUT2D eigenvalue weighted by molar-refractivity contribution is 5.86. The fourth-order valence-electron chi connectivity index (χ4n) is 0.962. The van der Waals surface area contributed by atoms with Crippen LogP contribution in [0.4, 0.5) is 0 Å². The zero-order valence-electron chi connectivity index (χ0n) is 7.70. The molecule has 0 radical (unpaired) electrons. The minimum Gasteiger partial charge on any atom is -0.464 e. The van der Waals surface area contributed by atoms with E-state index in [1.165, 1.54) is 20.2 Å². The molecule has 13 heavy (non-hydrogen) atoms. The van der Waals surface area contributed by atoms with Crippen molar-refractivity contribution in [1.82, 2.24) is 9.78 Å². The molecule has 70 valence electrons. The van der Waals surface area contributed by atoms with Crippen molar-refractivity contribution < 1.29 is 9.53 Å². The lowest BCUT2D eigenvalue weighted by Gasteiger charge is -2.02. The summed E-state index contributed by atoms with van der Waals surface area (Å²) in [6.45, 7) is 1.62. The molecule has 1 aromatic heterocycles. The molecule has 1 heterocycles. The zero-order chi connectivity index (χ0) is 10.0. The normalized spacial score (nSPS) is 9.77. The number of methoxy groups -OCH3 is 1. The summed E-state index contributed by atoms with van der Waals surface area (Å²) in [5, 5.41) is 3.73. The molecule has 0 saturated heterocycles. The third kappa shape index (κ3) is 1.74. The van der Waals surface area contributed by atoms with Crippen molar-refractivity contribution in [3.63, 3.8) is 0 Å². The van der Waals surface area contributed by atoms with Crippen LogP contribution in [0.5, 0.6) is 0 Å². The molecule has 0 saturated carbocycles. The number of aryl methyl sites for hydroxylation is 2. The minimum absolute atomic E-state index is 0.141. The van der Waals surface area contributed by atoms with E-state index in [0.29, 0.717) is 5.56 Å². The summed E-state index contributed by atoms with van der Waals surface area (Å²) in [5.41, 5.74) is 0.396. The van der Waals surface area contributed by atoms with E-state index < -0.39 is 5.97 Å². The molecule has 0 aromatic carbocycles. The molecule has 0 aliphatic rings. The Morgan fingerprint density at radius 1 is 1.62 bits per heavy atom. The van der Waals surface area contributed by atoms with Crippen LogP contribution in [0.25, 0.3) is 0 Å². The van der Waals surface area contributed by atoms with Gasteiger partial charge in [-0.05, 0) is 13.0 Å². The van der Waals surface area contributed by atoms with E-state index in [1.54, 1.807) is 6.92 Å². The smallest absolute Gasteiger partial charge is 0.358 e. The highest BCUT2D eigenvalue weighted by Gasteiger charge is 2.09. The second-order valence-electron chi connectivity index (χ2n) is 2.63. The molecule has 0 unspecified atom stereocenters. The van der Waals surface area contributed by atoms with Gasteiger partial charge in [0.15, 0.2) is 5.69 Å². The topological polar surface area (TPSA) is 61.2 Å². The lowest BCUT2D eigenvalue weighted by molar-refractivity contribution is 0.0591. The van der Waals surface area contributed by atoms with E-state index in [-0.39, 0.29) is 11.3 Å². The van der Waals surface area contributed by atoms with Crippen LogP contribution in [0.1, 0.15) is 16.1 Å². The molecule has 0 fully saturated rings. The summed E-state index contributed by atoms with van der Waals surface area (Å²) in [6.07, 6.45) is 0. The molecule has 0 aliphatic heterocycles. The van der Waals surface area contributed by atoms with E-state index >= 15 is 0 Å². The van der Waals surface area contributed by atoms with Gasteiger partial charge in [0.25, 0.3) is 5.56 Å². The number of ether oxygens (including phenoxy) is 1. The molecule has 0 bridgehead atoms. The standard InChI is InChI=1S/C8H10N2O3/c1-5-4-6(8(12)13-3)9-10(2)7(5)11/h4H,1-3H3. The molecule has 0 atom stereocenters. The molecule has 0 aliphatic carbocycles. The van der Waals surface area contributed by atoms with Crippen molar-refractivity contribution in [2.75, 3.05) is 7.11 Å². The van der Waals surface area contributed by atoms with Gasteiger partial charge in [0.2, 0.25) is 0 Å². The first-order valence-electron chi connectivity index (χ1n) is 3.69. The van der Waals surface area contributed by atoms with E-state index in [2.05, 4.69) is 9.84 Å². The minimum atomic E-state index is -0.543. The second-order valence-corrected chi connectivity index (χ2v) is 2.63. The van der Waals surface area contributed by atoms with Crippen molar-refractivity contribution in [3.8, 4) is 0 Å². The molecular weight excluding hydrogens is 172 g/mol. The van der Waals surface area contributed by atoms with Crippen LogP contribution in [0.15, 0.2) is 10.9 Å². The Labute approximate surface area is 74.9 Å². The van der Waals surface area contributed by atoms with Crippen LogP contribution in [-0.4, -0.2) is 22.9 Å². The van der Waals surface area contributed by atoms with Gasteiger partial charge in [-0.2, -0.15) is 5.10 Å². The zero-order valence-corrected chi connectivity index (χ0v) is 7.70. The SMILES string of the molecule is COC(=O)c1cc(C)c(=O)n(C)n1. The number of aromatic nitrogens is 2. The first-order valence-corrected chi connectivity index (χ1v) is 3.69. The maximum Gasteiger partial charge on any atom is 0.358 e. The highest BCUT2D eigenvalue weighted by atomic mass is 16.5. The van der Waals surface area contributed by atoms with Gasteiger partial charge in [-0.25, -0.2) is 9.48 Å². The Kier molecular flexibility index (Phi) is 2.46. The Morgan fingerprint density at radius 3 is 2.69 bits per heavy atom. The highest BCUT2D eigenvalue weighted by Crippen LogP contribution is 1.96. The molecule has 5 nitrogen and oxygen atoms in total. The summed E-state index contributed by atoms with van der Waals surface area (Å²) in [7, 11) is 2.76. The number of carbonyl (C=O) groups is 1. The van der Waals surface area contributed by atoms with E-state index in [1.807, 2.05) is 0 Å². The van der Waals surface area contributed by atoms with Crippen LogP contribution in [0.3, 0.4) is 0 Å². The predicted octanol–water partition coefficient (Wildman–Crippen LogP) is -0.125. The maximum absolute atomic E-state index is 11.2. The summed E-state index contributed by atoms with van der Waals surface area (Å²) in [5.74, 6) is -0.543. The second kappa shape index (κ2) is 3.38. The molecule has 0 spiro atoms. The number of carbonyl (C=O) groups excluding carboxylic acids is 1. The van der Waals surface area contributed by atoms with E-state index in [0.717, 1.165) is 4.68 Å². The van der Waals surface area contributed by atoms with E-state index in [4.69, 9.17) is 0 Å².